The lowest BCUT2D eigenvalue weighted by Gasteiger charge is -2.10. The van der Waals surface area contributed by atoms with Crippen LogP contribution in [0.3, 0.4) is 0 Å². The lowest BCUT2D eigenvalue weighted by atomic mass is 10.1. The fourth-order valence-corrected chi connectivity index (χ4v) is 3.08. The number of amides is 1. The first-order valence-corrected chi connectivity index (χ1v) is 9.69. The van der Waals surface area contributed by atoms with Gasteiger partial charge in [-0.05, 0) is 48.0 Å². The molecule has 0 radical (unpaired) electrons. The number of nitrogens with zero attached hydrogens (tertiary/aromatic N) is 4. The van der Waals surface area contributed by atoms with Gasteiger partial charge in [0.2, 0.25) is 5.82 Å². The van der Waals surface area contributed by atoms with Crippen molar-refractivity contribution in [1.29, 1.82) is 0 Å². The van der Waals surface area contributed by atoms with E-state index < -0.39 is 23.6 Å². The summed E-state index contributed by atoms with van der Waals surface area (Å²) >= 11 is 0. The second-order valence-electron chi connectivity index (χ2n) is 6.93. The van der Waals surface area contributed by atoms with E-state index in [0.29, 0.717) is 21.6 Å². The lowest BCUT2D eigenvalue weighted by Crippen LogP contribution is -2.24. The third-order valence-corrected chi connectivity index (χ3v) is 4.80. The Hall–Kier alpha value is -4.15. The van der Waals surface area contributed by atoms with Crippen LogP contribution in [0.2, 0.25) is 0 Å². The molecule has 0 aliphatic heterocycles. The molecule has 0 bridgehead atoms. The number of rotatable bonds is 6. The van der Waals surface area contributed by atoms with Crippen LogP contribution in [0.4, 0.5) is 13.2 Å². The molecule has 4 aromatic rings. The number of ether oxygens (including phenoxy) is 2. The van der Waals surface area contributed by atoms with E-state index >= 15 is 0 Å². The van der Waals surface area contributed by atoms with Crippen molar-refractivity contribution in [3.63, 3.8) is 0 Å². The number of alkyl halides is 3. The maximum Gasteiger partial charge on any atom is 0.433 e. The molecule has 0 fully saturated rings. The van der Waals surface area contributed by atoms with Crippen molar-refractivity contribution in [1.82, 2.24) is 24.9 Å². The molecule has 0 saturated heterocycles. The Morgan fingerprint density at radius 3 is 2.15 bits per heavy atom. The highest BCUT2D eigenvalue weighted by Crippen LogP contribution is 2.32. The van der Waals surface area contributed by atoms with Crippen LogP contribution in [-0.2, 0) is 12.7 Å². The predicted octanol–water partition coefficient (Wildman–Crippen LogP) is 3.76. The van der Waals surface area contributed by atoms with Crippen molar-refractivity contribution in [2.24, 2.45) is 0 Å². The zero-order chi connectivity index (χ0) is 23.6. The summed E-state index contributed by atoms with van der Waals surface area (Å²) in [5.41, 5.74) is 0.135. The highest BCUT2D eigenvalue weighted by atomic mass is 19.4. The molecule has 170 valence electrons. The van der Waals surface area contributed by atoms with E-state index in [0.717, 1.165) is 11.6 Å². The molecule has 11 heteroatoms. The van der Waals surface area contributed by atoms with Gasteiger partial charge in [-0.25, -0.2) is 4.98 Å². The lowest BCUT2D eigenvalue weighted by molar-refractivity contribution is -0.142. The molecule has 0 spiro atoms. The highest BCUT2D eigenvalue weighted by Gasteiger charge is 2.36. The largest absolute Gasteiger partial charge is 0.497 e. The number of aromatic nitrogens is 4. The van der Waals surface area contributed by atoms with Gasteiger partial charge in [0.15, 0.2) is 5.69 Å². The third kappa shape index (κ3) is 4.71. The standard InChI is InChI=1S/C22H18F3N5O3/c1-32-15-7-3-13(4-8-15)12-26-20(31)19-28-21-27-17(14-5-9-16(33-2)10-6-14)11-18(22(23,24)25)30(21)29-19/h3-11H,12H2,1-2H3,(H,26,31). The molecule has 0 aliphatic carbocycles. The van der Waals surface area contributed by atoms with Crippen molar-refractivity contribution in [2.75, 3.05) is 14.2 Å². The molecule has 8 nitrogen and oxygen atoms in total. The number of nitrogens with one attached hydrogen (secondary N) is 1. The Bertz CT molecular complexity index is 1290. The van der Waals surface area contributed by atoms with E-state index in [9.17, 15) is 18.0 Å². The Morgan fingerprint density at radius 2 is 1.58 bits per heavy atom. The molecule has 0 unspecified atom stereocenters. The van der Waals surface area contributed by atoms with Crippen LogP contribution in [0.1, 0.15) is 21.9 Å². The number of carbonyl (C=O) groups is 1. The second-order valence-corrected chi connectivity index (χ2v) is 6.93. The number of halogens is 3. The summed E-state index contributed by atoms with van der Waals surface area (Å²) in [6.45, 7) is 0.134. The predicted molar refractivity (Wildman–Crippen MR) is 112 cm³/mol. The van der Waals surface area contributed by atoms with Crippen molar-refractivity contribution in [3.05, 3.63) is 71.7 Å². The van der Waals surface area contributed by atoms with Gasteiger partial charge in [-0.2, -0.15) is 22.7 Å². The zero-order valence-electron chi connectivity index (χ0n) is 17.6. The number of carbonyl (C=O) groups excluding carboxylic acids is 1. The summed E-state index contributed by atoms with van der Waals surface area (Å²) in [4.78, 5) is 20.6. The molecule has 1 N–H and O–H groups in total. The summed E-state index contributed by atoms with van der Waals surface area (Å²) < 4.78 is 51.8. The topological polar surface area (TPSA) is 90.6 Å². The van der Waals surface area contributed by atoms with Crippen molar-refractivity contribution in [3.8, 4) is 22.8 Å². The molecule has 2 heterocycles. The van der Waals surface area contributed by atoms with Gasteiger partial charge in [0, 0.05) is 12.1 Å². The van der Waals surface area contributed by atoms with Gasteiger partial charge in [0.1, 0.15) is 11.5 Å². The summed E-state index contributed by atoms with van der Waals surface area (Å²) in [6, 6.07) is 14.2. The van der Waals surface area contributed by atoms with Crippen molar-refractivity contribution >= 4 is 11.7 Å². The van der Waals surface area contributed by atoms with Crippen LogP contribution in [0.15, 0.2) is 54.6 Å². The molecule has 0 atom stereocenters. The van der Waals surface area contributed by atoms with Crippen LogP contribution in [0, 0.1) is 0 Å². The SMILES string of the molecule is COc1ccc(CNC(=O)c2nc3nc(-c4ccc(OC)cc4)cc(C(F)(F)F)n3n2)cc1. The molecule has 0 saturated carbocycles. The highest BCUT2D eigenvalue weighted by molar-refractivity contribution is 5.90. The quantitative estimate of drug-likeness (QED) is 0.474. The van der Waals surface area contributed by atoms with Gasteiger partial charge in [-0.15, -0.1) is 5.10 Å². The third-order valence-electron chi connectivity index (χ3n) is 4.80. The number of hydrogen-bond donors (Lipinski definition) is 1. The zero-order valence-corrected chi connectivity index (χ0v) is 17.6. The van der Waals surface area contributed by atoms with Crippen molar-refractivity contribution < 1.29 is 27.4 Å². The van der Waals surface area contributed by atoms with E-state index in [-0.39, 0.29) is 18.0 Å². The van der Waals surface area contributed by atoms with E-state index in [1.54, 1.807) is 48.5 Å². The van der Waals surface area contributed by atoms with Crippen LogP contribution < -0.4 is 14.8 Å². The average Bonchev–Trinajstić information content (AvgIpc) is 3.26. The Balaban J connectivity index is 1.65. The number of fused-ring (bicyclic) bond motifs is 1. The van der Waals surface area contributed by atoms with Gasteiger partial charge in [0.05, 0.1) is 19.9 Å². The van der Waals surface area contributed by atoms with Gasteiger partial charge >= 0.3 is 6.18 Å². The summed E-state index contributed by atoms with van der Waals surface area (Å²) in [7, 11) is 3.02. The maximum atomic E-state index is 13.7. The maximum absolute atomic E-state index is 13.7. The first-order chi connectivity index (χ1) is 15.8. The van der Waals surface area contributed by atoms with Crippen LogP contribution >= 0.6 is 0 Å². The Kier molecular flexibility index (Phi) is 5.86. The first kappa shape index (κ1) is 22.1. The molecule has 1 amide bonds. The van der Waals surface area contributed by atoms with E-state index in [1.807, 2.05) is 0 Å². The fourth-order valence-electron chi connectivity index (χ4n) is 3.08. The van der Waals surface area contributed by atoms with Crippen molar-refractivity contribution in [2.45, 2.75) is 12.7 Å². The van der Waals surface area contributed by atoms with Gasteiger partial charge in [-0.3, -0.25) is 4.79 Å². The van der Waals surface area contributed by atoms with Gasteiger partial charge in [-0.1, -0.05) is 12.1 Å². The molecule has 4 rings (SSSR count). The summed E-state index contributed by atoms with van der Waals surface area (Å²) in [5.74, 6) is -0.284. The second kappa shape index (κ2) is 8.77. The van der Waals surface area contributed by atoms with Gasteiger partial charge < -0.3 is 14.8 Å². The number of methoxy groups -OCH3 is 2. The monoisotopic (exact) mass is 457 g/mol. The van der Waals surface area contributed by atoms with Crippen LogP contribution in [0.25, 0.3) is 17.0 Å². The first-order valence-electron chi connectivity index (χ1n) is 9.69. The van der Waals surface area contributed by atoms with Crippen LogP contribution in [-0.4, -0.2) is 39.7 Å². The minimum absolute atomic E-state index is 0.0371. The van der Waals surface area contributed by atoms with Gasteiger partial charge in [0.25, 0.3) is 11.7 Å². The molecular formula is C22H18F3N5O3. The molecule has 33 heavy (non-hydrogen) atoms. The Labute approximate surface area is 186 Å². The van der Waals surface area contributed by atoms with E-state index in [2.05, 4.69) is 20.4 Å². The minimum Gasteiger partial charge on any atom is -0.497 e. The summed E-state index contributed by atoms with van der Waals surface area (Å²) in [6.07, 6.45) is -4.74. The summed E-state index contributed by atoms with van der Waals surface area (Å²) in [5, 5.41) is 6.34. The number of hydrogen-bond acceptors (Lipinski definition) is 6. The molecule has 2 aromatic carbocycles. The minimum atomic E-state index is -4.74. The van der Waals surface area contributed by atoms with E-state index in [1.165, 1.54) is 14.2 Å². The average molecular weight is 457 g/mol. The fraction of sp³-hybridized carbons (Fsp3) is 0.182. The molecular weight excluding hydrogens is 439 g/mol. The molecule has 0 aliphatic rings. The Morgan fingerprint density at radius 1 is 0.970 bits per heavy atom. The van der Waals surface area contributed by atoms with Crippen LogP contribution in [0.5, 0.6) is 11.5 Å². The smallest absolute Gasteiger partial charge is 0.433 e. The number of benzene rings is 2. The van der Waals surface area contributed by atoms with E-state index in [4.69, 9.17) is 9.47 Å². The molecule has 2 aromatic heterocycles. The normalized spacial score (nSPS) is 11.4.